The van der Waals surface area contributed by atoms with Crippen molar-refractivity contribution in [2.75, 3.05) is 18.2 Å². The van der Waals surface area contributed by atoms with Crippen LogP contribution in [-0.4, -0.2) is 33.5 Å². The average molecular weight is 397 g/mol. The Morgan fingerprint density at radius 3 is 2.96 bits per heavy atom. The topological polar surface area (TPSA) is 69.0 Å². The van der Waals surface area contributed by atoms with Crippen molar-refractivity contribution in [2.24, 2.45) is 0 Å². The number of halogens is 1. The first-order chi connectivity index (χ1) is 11.2. The third-order valence-electron chi connectivity index (χ3n) is 2.86. The fraction of sp³-hybridized carbons (Fsp3) is 0.267. The monoisotopic (exact) mass is 396 g/mol. The number of ether oxygens (including phenoxy) is 1. The summed E-state index contributed by atoms with van der Waals surface area (Å²) in [5, 5.41) is 11.7. The highest BCUT2D eigenvalue weighted by atomic mass is 79.9. The largest absolute Gasteiger partial charge is 0.377 e. The molecule has 0 fully saturated rings. The van der Waals surface area contributed by atoms with Gasteiger partial charge in [0.1, 0.15) is 6.61 Å². The van der Waals surface area contributed by atoms with Crippen LogP contribution in [0, 0.1) is 0 Å². The van der Waals surface area contributed by atoms with E-state index in [0.29, 0.717) is 24.1 Å². The number of rotatable bonds is 8. The zero-order chi connectivity index (χ0) is 16.7. The molecule has 0 saturated heterocycles. The van der Waals surface area contributed by atoms with Crippen LogP contribution in [0.2, 0.25) is 0 Å². The SMILES string of the molecule is C=CCn1c(COC)nnc1SCC(=O)Nc1ccccc1Br. The lowest BCUT2D eigenvalue weighted by atomic mass is 10.3. The van der Waals surface area contributed by atoms with Crippen LogP contribution in [0.1, 0.15) is 5.82 Å². The molecule has 6 nitrogen and oxygen atoms in total. The molecule has 1 heterocycles. The van der Waals surface area contributed by atoms with Crippen LogP contribution in [-0.2, 0) is 22.7 Å². The van der Waals surface area contributed by atoms with E-state index in [2.05, 4.69) is 38.0 Å². The van der Waals surface area contributed by atoms with Gasteiger partial charge in [0.25, 0.3) is 0 Å². The first-order valence-electron chi connectivity index (χ1n) is 6.84. The van der Waals surface area contributed by atoms with Crippen LogP contribution >= 0.6 is 27.7 Å². The predicted octanol–water partition coefficient (Wildman–Crippen LogP) is 3.10. The molecule has 0 aliphatic carbocycles. The Hall–Kier alpha value is -1.64. The van der Waals surface area contributed by atoms with E-state index in [9.17, 15) is 4.79 Å². The number of thioether (sulfide) groups is 1. The number of carbonyl (C=O) groups excluding carboxylic acids is 1. The number of para-hydroxylation sites is 1. The molecular weight excluding hydrogens is 380 g/mol. The zero-order valence-corrected chi connectivity index (χ0v) is 15.1. The Bertz CT molecular complexity index is 690. The number of methoxy groups -OCH3 is 1. The lowest BCUT2D eigenvalue weighted by Crippen LogP contribution is -2.15. The summed E-state index contributed by atoms with van der Waals surface area (Å²) in [5.41, 5.74) is 0.741. The molecule has 1 amide bonds. The molecule has 0 aliphatic heterocycles. The minimum absolute atomic E-state index is 0.108. The van der Waals surface area contributed by atoms with Crippen molar-refractivity contribution in [2.45, 2.75) is 18.3 Å². The van der Waals surface area contributed by atoms with Gasteiger partial charge in [0.2, 0.25) is 5.91 Å². The van der Waals surface area contributed by atoms with E-state index < -0.39 is 0 Å². The number of allylic oxidation sites excluding steroid dienone is 1. The van der Waals surface area contributed by atoms with E-state index in [1.807, 2.05) is 28.8 Å². The highest BCUT2D eigenvalue weighted by Gasteiger charge is 2.13. The molecule has 0 spiro atoms. The van der Waals surface area contributed by atoms with Gasteiger partial charge in [-0.15, -0.1) is 16.8 Å². The van der Waals surface area contributed by atoms with Gasteiger partial charge in [-0.1, -0.05) is 30.0 Å². The molecule has 2 rings (SSSR count). The molecule has 0 unspecified atom stereocenters. The molecule has 1 aromatic heterocycles. The van der Waals surface area contributed by atoms with Crippen molar-refractivity contribution < 1.29 is 9.53 Å². The molecule has 8 heteroatoms. The fourth-order valence-electron chi connectivity index (χ4n) is 1.85. The van der Waals surface area contributed by atoms with Gasteiger partial charge in [0.15, 0.2) is 11.0 Å². The lowest BCUT2D eigenvalue weighted by molar-refractivity contribution is -0.113. The molecule has 0 atom stereocenters. The predicted molar refractivity (Wildman–Crippen MR) is 94.4 cm³/mol. The van der Waals surface area contributed by atoms with Gasteiger partial charge in [-0.05, 0) is 28.1 Å². The molecule has 0 bridgehead atoms. The Morgan fingerprint density at radius 1 is 1.48 bits per heavy atom. The van der Waals surface area contributed by atoms with E-state index in [1.165, 1.54) is 11.8 Å². The minimum Gasteiger partial charge on any atom is -0.377 e. The summed E-state index contributed by atoms with van der Waals surface area (Å²) in [6.07, 6.45) is 1.76. The van der Waals surface area contributed by atoms with Crippen molar-refractivity contribution in [3.63, 3.8) is 0 Å². The summed E-state index contributed by atoms with van der Waals surface area (Å²) >= 11 is 4.73. The van der Waals surface area contributed by atoms with Gasteiger partial charge in [-0.2, -0.15) is 0 Å². The maximum Gasteiger partial charge on any atom is 0.234 e. The molecule has 23 heavy (non-hydrogen) atoms. The molecule has 1 aromatic carbocycles. The molecule has 0 radical (unpaired) electrons. The number of carbonyl (C=O) groups is 1. The number of amides is 1. The number of anilines is 1. The lowest BCUT2D eigenvalue weighted by Gasteiger charge is -2.08. The van der Waals surface area contributed by atoms with E-state index >= 15 is 0 Å². The summed E-state index contributed by atoms with van der Waals surface area (Å²) in [5.74, 6) is 0.841. The van der Waals surface area contributed by atoms with Crippen molar-refractivity contribution in [3.8, 4) is 0 Å². The van der Waals surface area contributed by atoms with E-state index in [0.717, 1.165) is 10.2 Å². The van der Waals surface area contributed by atoms with Crippen LogP contribution in [0.3, 0.4) is 0 Å². The van der Waals surface area contributed by atoms with Gasteiger partial charge >= 0.3 is 0 Å². The third-order valence-corrected chi connectivity index (χ3v) is 4.52. The van der Waals surface area contributed by atoms with Crippen molar-refractivity contribution >= 4 is 39.3 Å². The van der Waals surface area contributed by atoms with Gasteiger partial charge in [-0.25, -0.2) is 0 Å². The van der Waals surface area contributed by atoms with Crippen LogP contribution in [0.25, 0.3) is 0 Å². The van der Waals surface area contributed by atoms with Crippen molar-refractivity contribution in [3.05, 3.63) is 47.2 Å². The minimum atomic E-state index is -0.108. The van der Waals surface area contributed by atoms with Crippen molar-refractivity contribution in [1.29, 1.82) is 0 Å². The molecule has 0 aliphatic rings. The van der Waals surface area contributed by atoms with Crippen LogP contribution in [0.4, 0.5) is 5.69 Å². The summed E-state index contributed by atoms with van der Waals surface area (Å²) in [6, 6.07) is 7.47. The molecular formula is C15H17BrN4O2S. The molecule has 1 N–H and O–H groups in total. The van der Waals surface area contributed by atoms with Crippen molar-refractivity contribution in [1.82, 2.24) is 14.8 Å². The van der Waals surface area contributed by atoms with Crippen LogP contribution in [0.15, 0.2) is 46.5 Å². The number of nitrogens with zero attached hydrogens (tertiary/aromatic N) is 3. The van der Waals surface area contributed by atoms with E-state index in [1.54, 1.807) is 13.2 Å². The number of hydrogen-bond donors (Lipinski definition) is 1. The molecule has 0 saturated carbocycles. The standard InChI is InChI=1S/C15H17BrN4O2S/c1-3-8-20-13(9-22-2)18-19-15(20)23-10-14(21)17-12-7-5-4-6-11(12)16/h3-7H,1,8-10H2,2H3,(H,17,21). The van der Waals surface area contributed by atoms with Gasteiger partial charge in [0, 0.05) is 18.1 Å². The highest BCUT2D eigenvalue weighted by molar-refractivity contribution is 9.10. The Balaban J connectivity index is 1.99. The van der Waals surface area contributed by atoms with Crippen LogP contribution in [0.5, 0.6) is 0 Å². The summed E-state index contributed by atoms with van der Waals surface area (Å²) in [6.45, 7) is 4.66. The number of aromatic nitrogens is 3. The second-order valence-corrected chi connectivity index (χ2v) is 6.34. The fourth-order valence-corrected chi connectivity index (χ4v) is 3.00. The number of hydrogen-bond acceptors (Lipinski definition) is 5. The van der Waals surface area contributed by atoms with Gasteiger partial charge in [-0.3, -0.25) is 4.79 Å². The maximum absolute atomic E-state index is 12.1. The maximum atomic E-state index is 12.1. The first kappa shape index (κ1) is 17.7. The molecule has 2 aromatic rings. The summed E-state index contributed by atoms with van der Waals surface area (Å²) in [7, 11) is 1.60. The Labute approximate surface area is 147 Å². The Morgan fingerprint density at radius 2 is 2.26 bits per heavy atom. The average Bonchev–Trinajstić information content (AvgIpc) is 2.91. The second kappa shape index (κ2) is 8.85. The smallest absolute Gasteiger partial charge is 0.234 e. The quantitative estimate of drug-likeness (QED) is 0.548. The van der Waals surface area contributed by atoms with E-state index in [-0.39, 0.29) is 11.7 Å². The van der Waals surface area contributed by atoms with E-state index in [4.69, 9.17) is 4.74 Å². The molecule has 122 valence electrons. The zero-order valence-electron chi connectivity index (χ0n) is 12.7. The normalized spacial score (nSPS) is 10.5. The second-order valence-electron chi connectivity index (χ2n) is 4.55. The number of nitrogens with one attached hydrogen (secondary N) is 1. The van der Waals surface area contributed by atoms with Gasteiger partial charge < -0.3 is 14.6 Å². The Kier molecular flexibility index (Phi) is 6.82. The first-order valence-corrected chi connectivity index (χ1v) is 8.62. The van der Waals surface area contributed by atoms with Crippen LogP contribution < -0.4 is 5.32 Å². The number of benzene rings is 1. The van der Waals surface area contributed by atoms with Gasteiger partial charge in [0.05, 0.1) is 11.4 Å². The summed E-state index contributed by atoms with van der Waals surface area (Å²) in [4.78, 5) is 12.1. The highest BCUT2D eigenvalue weighted by Crippen LogP contribution is 2.22. The summed E-state index contributed by atoms with van der Waals surface area (Å²) < 4.78 is 7.82. The third kappa shape index (κ3) is 4.92.